The lowest BCUT2D eigenvalue weighted by Gasteiger charge is -2.22. The van der Waals surface area contributed by atoms with Crippen molar-refractivity contribution in [2.24, 2.45) is 11.8 Å². The van der Waals surface area contributed by atoms with Crippen LogP contribution in [-0.2, 0) is 4.79 Å². The number of hydrogen-bond donors (Lipinski definition) is 1. The van der Waals surface area contributed by atoms with E-state index in [2.05, 4.69) is 26.1 Å². The van der Waals surface area contributed by atoms with Crippen molar-refractivity contribution >= 4 is 5.91 Å². The fraction of sp³-hybridized carbons (Fsp3) is 0.917. The predicted molar refractivity (Wildman–Crippen MR) is 61.2 cm³/mol. The Labute approximate surface area is 88.5 Å². The third-order valence-electron chi connectivity index (χ3n) is 2.99. The molecule has 0 aromatic carbocycles. The van der Waals surface area contributed by atoms with Crippen molar-refractivity contribution in [3.8, 4) is 0 Å². The SMILES string of the molecule is CCCCC(CNC(C)=O)[C@H](C)CC. The number of rotatable bonds is 7. The lowest BCUT2D eigenvalue weighted by Crippen LogP contribution is -2.30. The van der Waals surface area contributed by atoms with Crippen LogP contribution >= 0.6 is 0 Å². The normalized spacial score (nSPS) is 14.9. The zero-order valence-corrected chi connectivity index (χ0v) is 10.1. The first kappa shape index (κ1) is 13.5. The average molecular weight is 199 g/mol. The molecule has 0 saturated carbocycles. The minimum atomic E-state index is 0.0924. The van der Waals surface area contributed by atoms with E-state index in [0.29, 0.717) is 11.8 Å². The molecule has 0 aromatic heterocycles. The molecule has 2 nitrogen and oxygen atoms in total. The minimum Gasteiger partial charge on any atom is -0.356 e. The van der Waals surface area contributed by atoms with E-state index >= 15 is 0 Å². The standard InChI is InChI=1S/C12H25NO/c1-5-7-8-12(10(3)6-2)9-13-11(4)14/h10,12H,5-9H2,1-4H3,(H,13,14)/t10-,12?/m1/s1. The number of nitrogens with one attached hydrogen (secondary N) is 1. The fourth-order valence-electron chi connectivity index (χ4n) is 1.66. The molecular formula is C12H25NO. The van der Waals surface area contributed by atoms with Crippen LogP contribution in [0.3, 0.4) is 0 Å². The molecule has 0 bridgehead atoms. The van der Waals surface area contributed by atoms with E-state index in [1.807, 2.05) is 0 Å². The highest BCUT2D eigenvalue weighted by molar-refractivity contribution is 5.72. The Bertz CT molecular complexity index is 156. The zero-order valence-electron chi connectivity index (χ0n) is 10.1. The number of amides is 1. The van der Waals surface area contributed by atoms with Crippen LogP contribution < -0.4 is 5.32 Å². The Morgan fingerprint density at radius 2 is 2.00 bits per heavy atom. The second-order valence-electron chi connectivity index (χ2n) is 4.22. The van der Waals surface area contributed by atoms with Crippen molar-refractivity contribution < 1.29 is 4.79 Å². The summed E-state index contributed by atoms with van der Waals surface area (Å²) in [5.41, 5.74) is 0. The van der Waals surface area contributed by atoms with Crippen LogP contribution in [0.25, 0.3) is 0 Å². The van der Waals surface area contributed by atoms with Crippen molar-refractivity contribution in [2.45, 2.75) is 53.4 Å². The summed E-state index contributed by atoms with van der Waals surface area (Å²) in [6.45, 7) is 9.16. The summed E-state index contributed by atoms with van der Waals surface area (Å²) in [5, 5.41) is 2.93. The van der Waals surface area contributed by atoms with Gasteiger partial charge < -0.3 is 5.32 Å². The minimum absolute atomic E-state index is 0.0924. The molecule has 84 valence electrons. The topological polar surface area (TPSA) is 29.1 Å². The number of hydrogen-bond acceptors (Lipinski definition) is 1. The van der Waals surface area contributed by atoms with Crippen molar-refractivity contribution in [2.75, 3.05) is 6.54 Å². The number of carbonyl (C=O) groups excluding carboxylic acids is 1. The van der Waals surface area contributed by atoms with Gasteiger partial charge in [-0.05, 0) is 18.3 Å². The summed E-state index contributed by atoms with van der Waals surface area (Å²) >= 11 is 0. The Morgan fingerprint density at radius 3 is 2.43 bits per heavy atom. The second kappa shape index (κ2) is 7.84. The highest BCUT2D eigenvalue weighted by Gasteiger charge is 2.15. The molecule has 0 fully saturated rings. The van der Waals surface area contributed by atoms with E-state index < -0.39 is 0 Å². The van der Waals surface area contributed by atoms with E-state index in [0.717, 1.165) is 6.54 Å². The van der Waals surface area contributed by atoms with Gasteiger partial charge in [-0.3, -0.25) is 4.79 Å². The van der Waals surface area contributed by atoms with E-state index in [1.165, 1.54) is 25.7 Å². The molecule has 0 heterocycles. The van der Waals surface area contributed by atoms with Crippen LogP contribution in [0.1, 0.15) is 53.4 Å². The monoisotopic (exact) mass is 199 g/mol. The molecule has 0 radical (unpaired) electrons. The Morgan fingerprint density at radius 1 is 1.36 bits per heavy atom. The third kappa shape index (κ3) is 6.01. The van der Waals surface area contributed by atoms with Gasteiger partial charge in [0.15, 0.2) is 0 Å². The molecule has 0 rings (SSSR count). The van der Waals surface area contributed by atoms with E-state index in [4.69, 9.17) is 0 Å². The molecule has 2 heteroatoms. The molecule has 0 aliphatic heterocycles. The third-order valence-corrected chi connectivity index (χ3v) is 2.99. The van der Waals surface area contributed by atoms with Gasteiger partial charge in [0.25, 0.3) is 0 Å². The van der Waals surface area contributed by atoms with E-state index in [1.54, 1.807) is 6.92 Å². The van der Waals surface area contributed by atoms with Gasteiger partial charge in [0.2, 0.25) is 5.91 Å². The van der Waals surface area contributed by atoms with Crippen molar-refractivity contribution in [1.82, 2.24) is 5.32 Å². The highest BCUT2D eigenvalue weighted by atomic mass is 16.1. The van der Waals surface area contributed by atoms with Crippen LogP contribution in [0, 0.1) is 11.8 Å². The summed E-state index contributed by atoms with van der Waals surface area (Å²) in [7, 11) is 0. The molecule has 0 aliphatic carbocycles. The largest absolute Gasteiger partial charge is 0.356 e. The first-order valence-electron chi connectivity index (χ1n) is 5.86. The second-order valence-corrected chi connectivity index (χ2v) is 4.22. The molecule has 0 aromatic rings. The van der Waals surface area contributed by atoms with Crippen LogP contribution in [0.4, 0.5) is 0 Å². The Kier molecular flexibility index (Phi) is 7.54. The summed E-state index contributed by atoms with van der Waals surface area (Å²) < 4.78 is 0. The summed E-state index contributed by atoms with van der Waals surface area (Å²) in [5.74, 6) is 1.46. The van der Waals surface area contributed by atoms with Gasteiger partial charge in [0.1, 0.15) is 0 Å². The van der Waals surface area contributed by atoms with E-state index in [-0.39, 0.29) is 5.91 Å². The molecule has 0 spiro atoms. The van der Waals surface area contributed by atoms with Gasteiger partial charge in [0.05, 0.1) is 0 Å². The Balaban J connectivity index is 3.89. The summed E-state index contributed by atoms with van der Waals surface area (Å²) in [4.78, 5) is 10.8. The Hall–Kier alpha value is -0.530. The quantitative estimate of drug-likeness (QED) is 0.671. The lowest BCUT2D eigenvalue weighted by molar-refractivity contribution is -0.119. The molecule has 1 unspecified atom stereocenters. The smallest absolute Gasteiger partial charge is 0.216 e. The van der Waals surface area contributed by atoms with Crippen LogP contribution in [-0.4, -0.2) is 12.5 Å². The van der Waals surface area contributed by atoms with Crippen LogP contribution in [0.2, 0.25) is 0 Å². The van der Waals surface area contributed by atoms with Gasteiger partial charge in [-0.1, -0.05) is 40.0 Å². The molecule has 2 atom stereocenters. The van der Waals surface area contributed by atoms with Crippen molar-refractivity contribution in [3.63, 3.8) is 0 Å². The number of unbranched alkanes of at least 4 members (excludes halogenated alkanes) is 1. The fourth-order valence-corrected chi connectivity index (χ4v) is 1.66. The van der Waals surface area contributed by atoms with Crippen LogP contribution in [0.5, 0.6) is 0 Å². The molecule has 0 saturated heterocycles. The first-order chi connectivity index (χ1) is 6.61. The van der Waals surface area contributed by atoms with Crippen molar-refractivity contribution in [1.29, 1.82) is 0 Å². The summed E-state index contributed by atoms with van der Waals surface area (Å²) in [6, 6.07) is 0. The molecule has 14 heavy (non-hydrogen) atoms. The maximum absolute atomic E-state index is 10.8. The lowest BCUT2D eigenvalue weighted by atomic mass is 9.87. The molecule has 1 N–H and O–H groups in total. The highest BCUT2D eigenvalue weighted by Crippen LogP contribution is 2.20. The number of carbonyl (C=O) groups is 1. The zero-order chi connectivity index (χ0) is 11.0. The van der Waals surface area contributed by atoms with Crippen molar-refractivity contribution in [3.05, 3.63) is 0 Å². The maximum Gasteiger partial charge on any atom is 0.216 e. The molecular weight excluding hydrogens is 174 g/mol. The molecule has 0 aliphatic rings. The van der Waals surface area contributed by atoms with Gasteiger partial charge in [-0.25, -0.2) is 0 Å². The van der Waals surface area contributed by atoms with Crippen LogP contribution in [0.15, 0.2) is 0 Å². The average Bonchev–Trinajstić information content (AvgIpc) is 2.16. The predicted octanol–water partition coefficient (Wildman–Crippen LogP) is 2.98. The maximum atomic E-state index is 10.8. The first-order valence-corrected chi connectivity index (χ1v) is 5.86. The van der Waals surface area contributed by atoms with Gasteiger partial charge in [-0.15, -0.1) is 0 Å². The van der Waals surface area contributed by atoms with Gasteiger partial charge in [-0.2, -0.15) is 0 Å². The molecule has 1 amide bonds. The van der Waals surface area contributed by atoms with E-state index in [9.17, 15) is 4.79 Å². The summed E-state index contributed by atoms with van der Waals surface area (Å²) in [6.07, 6.45) is 4.96. The van der Waals surface area contributed by atoms with Gasteiger partial charge in [0, 0.05) is 13.5 Å². The van der Waals surface area contributed by atoms with Gasteiger partial charge >= 0.3 is 0 Å².